The van der Waals surface area contributed by atoms with Crippen LogP contribution in [0.3, 0.4) is 0 Å². The lowest BCUT2D eigenvalue weighted by Crippen LogP contribution is -2.27. The molecule has 4 nitrogen and oxygen atoms in total. The SMILES string of the molecule is COc1cc(C2(C(=O)O)CC2(F)F)cc(OC)c1C. The molecule has 1 aromatic carbocycles. The Morgan fingerprint density at radius 2 is 1.68 bits per heavy atom. The van der Waals surface area contributed by atoms with Crippen LogP contribution in [0.1, 0.15) is 17.5 Å². The summed E-state index contributed by atoms with van der Waals surface area (Å²) < 4.78 is 37.2. The number of hydrogen-bond acceptors (Lipinski definition) is 3. The molecular formula is C13H14F2O4. The normalized spacial score (nSPS) is 23.8. The van der Waals surface area contributed by atoms with E-state index in [0.717, 1.165) is 0 Å². The van der Waals surface area contributed by atoms with E-state index < -0.39 is 23.7 Å². The Kier molecular flexibility index (Phi) is 2.91. The average Bonchev–Trinajstić information content (AvgIpc) is 2.94. The molecule has 19 heavy (non-hydrogen) atoms. The van der Waals surface area contributed by atoms with Crippen molar-refractivity contribution in [3.63, 3.8) is 0 Å². The van der Waals surface area contributed by atoms with Crippen LogP contribution in [0.5, 0.6) is 11.5 Å². The molecule has 0 heterocycles. The number of ether oxygens (including phenoxy) is 2. The van der Waals surface area contributed by atoms with Gasteiger partial charge in [-0.3, -0.25) is 4.79 Å². The zero-order valence-corrected chi connectivity index (χ0v) is 10.8. The van der Waals surface area contributed by atoms with Crippen LogP contribution in [-0.4, -0.2) is 31.2 Å². The molecule has 1 fully saturated rings. The number of rotatable bonds is 4. The number of carbonyl (C=O) groups is 1. The summed E-state index contributed by atoms with van der Waals surface area (Å²) in [5, 5.41) is 9.13. The van der Waals surface area contributed by atoms with Crippen LogP contribution in [0.25, 0.3) is 0 Å². The van der Waals surface area contributed by atoms with E-state index in [1.807, 2.05) is 0 Å². The second kappa shape index (κ2) is 4.08. The Hall–Kier alpha value is -1.85. The second-order valence-electron chi connectivity index (χ2n) is 4.60. The minimum absolute atomic E-state index is 0.00398. The second-order valence-corrected chi connectivity index (χ2v) is 4.60. The highest BCUT2D eigenvalue weighted by Gasteiger charge is 2.77. The van der Waals surface area contributed by atoms with Gasteiger partial charge >= 0.3 is 5.97 Å². The first-order chi connectivity index (χ1) is 8.80. The largest absolute Gasteiger partial charge is 0.496 e. The van der Waals surface area contributed by atoms with E-state index in [4.69, 9.17) is 14.6 Å². The van der Waals surface area contributed by atoms with E-state index in [2.05, 4.69) is 0 Å². The molecule has 0 aliphatic heterocycles. The minimum atomic E-state index is -3.25. The molecule has 1 unspecified atom stereocenters. The van der Waals surface area contributed by atoms with Crippen molar-refractivity contribution in [3.8, 4) is 11.5 Å². The van der Waals surface area contributed by atoms with E-state index in [9.17, 15) is 13.6 Å². The van der Waals surface area contributed by atoms with Crippen LogP contribution in [0, 0.1) is 6.92 Å². The smallest absolute Gasteiger partial charge is 0.320 e. The third-order valence-corrected chi connectivity index (χ3v) is 3.60. The van der Waals surface area contributed by atoms with Gasteiger partial charge in [0, 0.05) is 12.0 Å². The highest BCUT2D eigenvalue weighted by Crippen LogP contribution is 2.62. The molecule has 1 N–H and O–H groups in total. The molecule has 1 atom stereocenters. The molecule has 0 saturated heterocycles. The van der Waals surface area contributed by atoms with E-state index in [1.54, 1.807) is 6.92 Å². The van der Waals surface area contributed by atoms with E-state index in [1.165, 1.54) is 26.4 Å². The Bertz CT molecular complexity index is 516. The Labute approximate surface area is 108 Å². The highest BCUT2D eigenvalue weighted by molar-refractivity contribution is 5.88. The zero-order valence-electron chi connectivity index (χ0n) is 10.8. The van der Waals surface area contributed by atoms with Crippen molar-refractivity contribution in [3.05, 3.63) is 23.3 Å². The number of hydrogen-bond donors (Lipinski definition) is 1. The van der Waals surface area contributed by atoms with Gasteiger partial charge in [-0.25, -0.2) is 8.78 Å². The number of benzene rings is 1. The van der Waals surface area contributed by atoms with Gasteiger partial charge in [0.15, 0.2) is 5.41 Å². The number of carboxylic acids is 1. The molecule has 1 saturated carbocycles. The fraction of sp³-hybridized carbons (Fsp3) is 0.462. The summed E-state index contributed by atoms with van der Waals surface area (Å²) in [5.74, 6) is -4.12. The predicted molar refractivity (Wildman–Crippen MR) is 63.2 cm³/mol. The van der Waals surface area contributed by atoms with Crippen LogP contribution in [0.15, 0.2) is 12.1 Å². The molecule has 0 amide bonds. The molecule has 2 rings (SSSR count). The predicted octanol–water partition coefficient (Wildman–Crippen LogP) is 2.37. The first kappa shape index (κ1) is 13.6. The minimum Gasteiger partial charge on any atom is -0.496 e. The van der Waals surface area contributed by atoms with Crippen molar-refractivity contribution in [2.24, 2.45) is 0 Å². The number of alkyl halides is 2. The van der Waals surface area contributed by atoms with Gasteiger partial charge in [-0.05, 0) is 24.6 Å². The molecular weight excluding hydrogens is 258 g/mol. The number of carboxylic acid groups (broad SMARTS) is 1. The molecule has 0 radical (unpaired) electrons. The third-order valence-electron chi connectivity index (χ3n) is 3.60. The maximum Gasteiger partial charge on any atom is 0.320 e. The first-order valence-electron chi connectivity index (χ1n) is 5.64. The molecule has 0 bridgehead atoms. The maximum atomic E-state index is 13.5. The first-order valence-corrected chi connectivity index (χ1v) is 5.64. The van der Waals surface area contributed by atoms with Gasteiger partial charge < -0.3 is 14.6 Å². The van der Waals surface area contributed by atoms with Crippen molar-refractivity contribution < 1.29 is 28.2 Å². The fourth-order valence-electron chi connectivity index (χ4n) is 2.29. The molecule has 6 heteroatoms. The summed E-state index contributed by atoms with van der Waals surface area (Å²) in [4.78, 5) is 11.2. The summed E-state index contributed by atoms with van der Waals surface area (Å²) in [6.45, 7) is 1.71. The third kappa shape index (κ3) is 1.74. The summed E-state index contributed by atoms with van der Waals surface area (Å²) in [6, 6.07) is 2.68. The van der Waals surface area contributed by atoms with Gasteiger partial charge in [0.1, 0.15) is 11.5 Å². The zero-order chi connectivity index (χ0) is 14.4. The van der Waals surface area contributed by atoms with Gasteiger partial charge in [0.2, 0.25) is 0 Å². The molecule has 0 aromatic heterocycles. The van der Waals surface area contributed by atoms with Gasteiger partial charge in [-0.2, -0.15) is 0 Å². The van der Waals surface area contributed by atoms with Crippen LogP contribution in [0.2, 0.25) is 0 Å². The molecule has 0 spiro atoms. The topological polar surface area (TPSA) is 55.8 Å². The lowest BCUT2D eigenvalue weighted by molar-refractivity contribution is -0.142. The van der Waals surface area contributed by atoms with Gasteiger partial charge in [-0.1, -0.05) is 0 Å². The van der Waals surface area contributed by atoms with Crippen molar-refractivity contribution in [1.82, 2.24) is 0 Å². The van der Waals surface area contributed by atoms with Gasteiger partial charge in [0.05, 0.1) is 14.2 Å². The Morgan fingerprint density at radius 3 is 1.95 bits per heavy atom. The quantitative estimate of drug-likeness (QED) is 0.914. The summed E-state index contributed by atoms with van der Waals surface area (Å²) >= 11 is 0. The Balaban J connectivity index is 2.61. The molecule has 1 aliphatic rings. The van der Waals surface area contributed by atoms with Gasteiger partial charge in [0.25, 0.3) is 5.92 Å². The summed E-state index contributed by atoms with van der Waals surface area (Å²) in [5.41, 5.74) is -1.52. The standard InChI is InChI=1S/C13H14F2O4/c1-7-9(18-2)4-8(5-10(7)19-3)12(11(16)17)6-13(12,14)15/h4-5H,6H2,1-3H3,(H,16,17). The molecule has 1 aliphatic carbocycles. The van der Waals surface area contributed by atoms with Crippen molar-refractivity contribution in [2.45, 2.75) is 24.7 Å². The number of methoxy groups -OCH3 is 2. The van der Waals surface area contributed by atoms with Crippen molar-refractivity contribution >= 4 is 5.97 Å². The van der Waals surface area contributed by atoms with Crippen LogP contribution in [0.4, 0.5) is 8.78 Å². The highest BCUT2D eigenvalue weighted by atomic mass is 19.3. The van der Waals surface area contributed by atoms with E-state index >= 15 is 0 Å². The van der Waals surface area contributed by atoms with Crippen LogP contribution in [-0.2, 0) is 10.2 Å². The van der Waals surface area contributed by atoms with E-state index in [0.29, 0.717) is 17.1 Å². The monoisotopic (exact) mass is 272 g/mol. The van der Waals surface area contributed by atoms with Crippen LogP contribution >= 0.6 is 0 Å². The lowest BCUT2D eigenvalue weighted by Gasteiger charge is -2.17. The van der Waals surface area contributed by atoms with Crippen molar-refractivity contribution in [2.75, 3.05) is 14.2 Å². The summed E-state index contributed by atoms with van der Waals surface area (Å²) in [7, 11) is 2.79. The van der Waals surface area contributed by atoms with Crippen LogP contribution < -0.4 is 9.47 Å². The fourth-order valence-corrected chi connectivity index (χ4v) is 2.29. The summed E-state index contributed by atoms with van der Waals surface area (Å²) in [6.07, 6.45) is -0.704. The number of aliphatic carboxylic acids is 1. The van der Waals surface area contributed by atoms with Crippen molar-refractivity contribution in [1.29, 1.82) is 0 Å². The van der Waals surface area contributed by atoms with Gasteiger partial charge in [-0.15, -0.1) is 0 Å². The Morgan fingerprint density at radius 1 is 1.26 bits per heavy atom. The average molecular weight is 272 g/mol. The molecule has 104 valence electrons. The molecule has 1 aromatic rings. The number of halogens is 2. The van der Waals surface area contributed by atoms with E-state index in [-0.39, 0.29) is 5.56 Å². The lowest BCUT2D eigenvalue weighted by atomic mass is 9.93. The maximum absolute atomic E-state index is 13.5.